The number of benzene rings is 1. The molecule has 2 rings (SSSR count). The van der Waals surface area contributed by atoms with Crippen LogP contribution in [-0.4, -0.2) is 23.1 Å². The van der Waals surface area contributed by atoms with E-state index in [4.69, 9.17) is 11.6 Å². The molecule has 0 aliphatic rings. The van der Waals surface area contributed by atoms with Crippen LogP contribution < -0.4 is 10.6 Å². The second-order valence-corrected chi connectivity index (χ2v) is 6.24. The maximum absolute atomic E-state index is 5.99. The van der Waals surface area contributed by atoms with E-state index in [-0.39, 0.29) is 0 Å². The van der Waals surface area contributed by atoms with E-state index in [1.807, 2.05) is 31.2 Å². The Balaban J connectivity index is 1.91. The van der Waals surface area contributed by atoms with Gasteiger partial charge in [-0.25, -0.2) is 4.98 Å². The van der Waals surface area contributed by atoms with Crippen LogP contribution in [0.2, 0.25) is 5.02 Å². The Bertz CT molecular complexity index is 613. The van der Waals surface area contributed by atoms with Gasteiger partial charge in [0.25, 0.3) is 0 Å². The van der Waals surface area contributed by atoms with E-state index in [0.717, 1.165) is 36.0 Å². The predicted octanol–water partition coefficient (Wildman–Crippen LogP) is 4.16. The molecule has 0 saturated heterocycles. The van der Waals surface area contributed by atoms with Gasteiger partial charge in [-0.05, 0) is 37.0 Å². The average molecular weight is 319 g/mol. The number of halogens is 1. The molecule has 0 aliphatic heterocycles. The number of nitrogens with one attached hydrogen (secondary N) is 2. The van der Waals surface area contributed by atoms with Crippen molar-refractivity contribution < 1.29 is 0 Å². The predicted molar refractivity (Wildman–Crippen MR) is 93.7 cm³/mol. The number of aromatic nitrogens is 2. The summed E-state index contributed by atoms with van der Waals surface area (Å²) < 4.78 is 0. The highest BCUT2D eigenvalue weighted by atomic mass is 35.5. The molecule has 0 radical (unpaired) electrons. The molecule has 22 heavy (non-hydrogen) atoms. The lowest BCUT2D eigenvalue weighted by atomic mass is 10.1. The third kappa shape index (κ3) is 5.53. The molecule has 0 atom stereocenters. The summed E-state index contributed by atoms with van der Waals surface area (Å²) in [5.74, 6) is 2.11. The number of nitrogens with zero attached hydrogens (tertiary/aromatic N) is 2. The van der Waals surface area contributed by atoms with Crippen molar-refractivity contribution in [3.63, 3.8) is 0 Å². The van der Waals surface area contributed by atoms with Crippen LogP contribution in [0, 0.1) is 12.8 Å². The quantitative estimate of drug-likeness (QED) is 0.804. The van der Waals surface area contributed by atoms with Gasteiger partial charge in [-0.2, -0.15) is 4.98 Å². The van der Waals surface area contributed by atoms with E-state index in [0.29, 0.717) is 11.9 Å². The van der Waals surface area contributed by atoms with Gasteiger partial charge in [0.1, 0.15) is 5.82 Å². The van der Waals surface area contributed by atoms with Gasteiger partial charge in [-0.15, -0.1) is 0 Å². The first-order chi connectivity index (χ1) is 10.5. The van der Waals surface area contributed by atoms with Gasteiger partial charge in [-0.1, -0.05) is 37.6 Å². The fraction of sp³-hybridized carbons (Fsp3) is 0.412. The van der Waals surface area contributed by atoms with Gasteiger partial charge in [0.05, 0.1) is 0 Å². The molecule has 0 aliphatic carbocycles. The van der Waals surface area contributed by atoms with E-state index in [1.165, 1.54) is 5.56 Å². The molecular formula is C17H23ClN4. The van der Waals surface area contributed by atoms with Gasteiger partial charge in [0.15, 0.2) is 0 Å². The summed E-state index contributed by atoms with van der Waals surface area (Å²) in [6.45, 7) is 7.99. The highest BCUT2D eigenvalue weighted by Crippen LogP contribution is 2.13. The third-order valence-corrected chi connectivity index (χ3v) is 3.37. The minimum Gasteiger partial charge on any atom is -0.370 e. The van der Waals surface area contributed by atoms with Gasteiger partial charge in [0.2, 0.25) is 5.95 Å². The van der Waals surface area contributed by atoms with Crippen molar-refractivity contribution in [1.29, 1.82) is 0 Å². The van der Waals surface area contributed by atoms with Crippen LogP contribution in [0.3, 0.4) is 0 Å². The summed E-state index contributed by atoms with van der Waals surface area (Å²) in [4.78, 5) is 8.92. The number of hydrogen-bond donors (Lipinski definition) is 2. The highest BCUT2D eigenvalue weighted by Gasteiger charge is 2.03. The van der Waals surface area contributed by atoms with E-state index in [1.54, 1.807) is 0 Å². The van der Waals surface area contributed by atoms with Crippen molar-refractivity contribution in [3.05, 3.63) is 46.6 Å². The van der Waals surface area contributed by atoms with Crippen LogP contribution in [0.1, 0.15) is 25.1 Å². The van der Waals surface area contributed by atoms with Gasteiger partial charge in [0, 0.05) is 29.9 Å². The molecule has 118 valence electrons. The Morgan fingerprint density at radius 1 is 1.14 bits per heavy atom. The van der Waals surface area contributed by atoms with Crippen molar-refractivity contribution in [2.24, 2.45) is 5.92 Å². The van der Waals surface area contributed by atoms with Crippen LogP contribution in [0.5, 0.6) is 0 Å². The van der Waals surface area contributed by atoms with Crippen molar-refractivity contribution in [2.75, 3.05) is 23.7 Å². The molecular weight excluding hydrogens is 296 g/mol. The number of hydrogen-bond acceptors (Lipinski definition) is 4. The van der Waals surface area contributed by atoms with E-state index in [9.17, 15) is 0 Å². The summed E-state index contributed by atoms with van der Waals surface area (Å²) in [6, 6.07) is 9.87. The van der Waals surface area contributed by atoms with E-state index in [2.05, 4.69) is 40.5 Å². The maximum atomic E-state index is 5.99. The molecule has 1 heterocycles. The summed E-state index contributed by atoms with van der Waals surface area (Å²) in [6.07, 6.45) is 0.882. The molecule has 0 fully saturated rings. The SMILES string of the molecule is Cc1cc(NCC(C)C)nc(NCCc2cccc(Cl)c2)n1. The summed E-state index contributed by atoms with van der Waals surface area (Å²) in [5.41, 5.74) is 2.15. The fourth-order valence-electron chi connectivity index (χ4n) is 2.06. The van der Waals surface area contributed by atoms with Crippen LogP contribution in [0.25, 0.3) is 0 Å². The molecule has 0 saturated carbocycles. The van der Waals surface area contributed by atoms with Crippen LogP contribution >= 0.6 is 11.6 Å². The zero-order chi connectivity index (χ0) is 15.9. The van der Waals surface area contributed by atoms with Crippen LogP contribution in [-0.2, 0) is 6.42 Å². The molecule has 1 aromatic heterocycles. The van der Waals surface area contributed by atoms with E-state index >= 15 is 0 Å². The molecule has 0 spiro atoms. The lowest BCUT2D eigenvalue weighted by Gasteiger charge is -2.11. The number of rotatable bonds is 7. The molecule has 5 heteroatoms. The summed E-state index contributed by atoms with van der Waals surface area (Å²) in [7, 11) is 0. The fourth-order valence-corrected chi connectivity index (χ4v) is 2.27. The zero-order valence-corrected chi connectivity index (χ0v) is 14.1. The Morgan fingerprint density at radius 2 is 1.95 bits per heavy atom. The topological polar surface area (TPSA) is 49.8 Å². The Morgan fingerprint density at radius 3 is 2.68 bits per heavy atom. The molecule has 0 unspecified atom stereocenters. The third-order valence-electron chi connectivity index (χ3n) is 3.13. The first-order valence-electron chi connectivity index (χ1n) is 7.61. The summed E-state index contributed by atoms with van der Waals surface area (Å²) in [5, 5.41) is 7.38. The van der Waals surface area contributed by atoms with Gasteiger partial charge >= 0.3 is 0 Å². The lowest BCUT2D eigenvalue weighted by Crippen LogP contribution is -2.13. The largest absolute Gasteiger partial charge is 0.370 e. The maximum Gasteiger partial charge on any atom is 0.224 e. The van der Waals surface area contributed by atoms with Crippen molar-refractivity contribution in [3.8, 4) is 0 Å². The summed E-state index contributed by atoms with van der Waals surface area (Å²) >= 11 is 5.99. The lowest BCUT2D eigenvalue weighted by molar-refractivity contribution is 0.686. The molecule has 4 nitrogen and oxygen atoms in total. The highest BCUT2D eigenvalue weighted by molar-refractivity contribution is 6.30. The molecule has 0 bridgehead atoms. The van der Waals surface area contributed by atoms with Crippen LogP contribution in [0.4, 0.5) is 11.8 Å². The van der Waals surface area contributed by atoms with Crippen molar-refractivity contribution in [1.82, 2.24) is 9.97 Å². The smallest absolute Gasteiger partial charge is 0.224 e. The minimum atomic E-state index is 0.578. The average Bonchev–Trinajstić information content (AvgIpc) is 2.45. The Hall–Kier alpha value is -1.81. The number of aryl methyl sites for hydroxylation is 1. The molecule has 2 N–H and O–H groups in total. The Labute approximate surface area is 137 Å². The molecule has 1 aromatic carbocycles. The van der Waals surface area contributed by atoms with Crippen molar-refractivity contribution >= 4 is 23.4 Å². The molecule has 2 aromatic rings. The second kappa shape index (κ2) is 7.99. The molecule has 0 amide bonds. The zero-order valence-electron chi connectivity index (χ0n) is 13.4. The minimum absolute atomic E-state index is 0.578. The van der Waals surface area contributed by atoms with Gasteiger partial charge < -0.3 is 10.6 Å². The first kappa shape index (κ1) is 16.6. The van der Waals surface area contributed by atoms with Crippen LogP contribution in [0.15, 0.2) is 30.3 Å². The Kier molecular flexibility index (Phi) is 6.01. The monoisotopic (exact) mass is 318 g/mol. The number of anilines is 2. The second-order valence-electron chi connectivity index (χ2n) is 5.80. The van der Waals surface area contributed by atoms with Crippen molar-refractivity contribution in [2.45, 2.75) is 27.2 Å². The van der Waals surface area contributed by atoms with E-state index < -0.39 is 0 Å². The standard InChI is InChI=1S/C17H23ClN4/c1-12(2)11-20-16-9-13(3)21-17(22-16)19-8-7-14-5-4-6-15(18)10-14/h4-6,9-10,12H,7-8,11H2,1-3H3,(H2,19,20,21,22). The first-order valence-corrected chi connectivity index (χ1v) is 7.98. The van der Waals surface area contributed by atoms with Gasteiger partial charge in [-0.3, -0.25) is 0 Å². The normalized spacial score (nSPS) is 10.8.